The van der Waals surface area contributed by atoms with Gasteiger partial charge in [-0.05, 0) is 82.9 Å². The highest BCUT2D eigenvalue weighted by Crippen LogP contribution is 2.40. The smallest absolute Gasteiger partial charge is 0.293 e. The summed E-state index contributed by atoms with van der Waals surface area (Å²) in [6, 6.07) is 71.9. The maximum Gasteiger partial charge on any atom is 0.293 e. The Balaban J connectivity index is 1.12. The van der Waals surface area contributed by atoms with E-state index in [0.29, 0.717) is 0 Å². The van der Waals surface area contributed by atoms with Crippen molar-refractivity contribution >= 4 is 43.6 Å². The molecule has 11 rings (SSSR count). The van der Waals surface area contributed by atoms with Gasteiger partial charge in [-0.3, -0.25) is 4.57 Å². The number of fused-ring (bicyclic) bond motifs is 6. The summed E-state index contributed by atoms with van der Waals surface area (Å²) < 4.78 is 7.09. The van der Waals surface area contributed by atoms with Gasteiger partial charge in [0.15, 0.2) is 6.20 Å². The average molecular weight is 704 g/mol. The first-order valence-electron chi connectivity index (χ1n) is 18.8. The van der Waals surface area contributed by atoms with E-state index in [1.807, 2.05) is 0 Å². The number of imidazole rings is 1. The second-order valence-electron chi connectivity index (χ2n) is 14.1. The molecule has 0 fully saturated rings. The summed E-state index contributed by atoms with van der Waals surface area (Å²) in [5.41, 5.74) is 12.9. The van der Waals surface area contributed by atoms with Crippen LogP contribution in [0.3, 0.4) is 0 Å². The molecule has 0 amide bonds. The quantitative estimate of drug-likeness (QED) is 0.167. The number of nitrogens with one attached hydrogen (secondary N) is 1. The Morgan fingerprint density at radius 1 is 0.345 bits per heavy atom. The van der Waals surface area contributed by atoms with E-state index in [1.165, 1.54) is 54.8 Å². The van der Waals surface area contributed by atoms with Crippen LogP contribution in [0.5, 0.6) is 0 Å². The Hall–Kier alpha value is -7.43. The highest BCUT2D eigenvalue weighted by molar-refractivity contribution is 6.19. The zero-order chi connectivity index (χ0) is 36.3. The van der Waals surface area contributed by atoms with Gasteiger partial charge in [0.1, 0.15) is 5.69 Å². The molecule has 0 spiro atoms. The largest absolute Gasteiger partial charge is 0.309 e. The third-order valence-corrected chi connectivity index (χ3v) is 11.0. The molecule has 3 aromatic heterocycles. The lowest BCUT2D eigenvalue weighted by Crippen LogP contribution is -2.30. The minimum atomic E-state index is 1.00. The molecule has 1 N–H and O–H groups in total. The van der Waals surface area contributed by atoms with Crippen LogP contribution in [0.4, 0.5) is 0 Å². The van der Waals surface area contributed by atoms with Gasteiger partial charge in [0, 0.05) is 27.2 Å². The SMILES string of the molecule is c1ccc(-c2ccc(-c3cccc(-n4c5ccccc5c5cc6c(cc54)c4ccccc4n6-c4c[n+](-c5ccccc5)c(-c5ccccc5)[nH]4)c3)cc2)cc1. The van der Waals surface area contributed by atoms with E-state index >= 15 is 0 Å². The van der Waals surface area contributed by atoms with Gasteiger partial charge in [0.2, 0.25) is 5.82 Å². The molecule has 3 heterocycles. The Morgan fingerprint density at radius 3 is 1.49 bits per heavy atom. The Morgan fingerprint density at radius 2 is 0.836 bits per heavy atom. The summed E-state index contributed by atoms with van der Waals surface area (Å²) in [5.74, 6) is 2.03. The van der Waals surface area contributed by atoms with Crippen LogP contribution in [0.2, 0.25) is 0 Å². The van der Waals surface area contributed by atoms with Crippen molar-refractivity contribution in [2.75, 3.05) is 0 Å². The fraction of sp³-hybridized carbons (Fsp3) is 0. The van der Waals surface area contributed by atoms with Crippen LogP contribution in [-0.2, 0) is 0 Å². The normalized spacial score (nSPS) is 11.6. The van der Waals surface area contributed by atoms with Crippen molar-refractivity contribution in [3.8, 4) is 50.8 Å². The molecule has 0 atom stereocenters. The summed E-state index contributed by atoms with van der Waals surface area (Å²) in [6.07, 6.45) is 2.23. The Labute approximate surface area is 318 Å². The second-order valence-corrected chi connectivity index (χ2v) is 14.1. The topological polar surface area (TPSA) is 29.5 Å². The minimum Gasteiger partial charge on any atom is -0.309 e. The van der Waals surface area contributed by atoms with Gasteiger partial charge in [0.05, 0.1) is 27.6 Å². The minimum absolute atomic E-state index is 1.00. The van der Waals surface area contributed by atoms with Crippen LogP contribution in [0.15, 0.2) is 206 Å². The third kappa shape index (κ3) is 5.11. The molecule has 0 radical (unpaired) electrons. The lowest BCUT2D eigenvalue weighted by atomic mass is 10.00. The van der Waals surface area contributed by atoms with E-state index in [1.54, 1.807) is 0 Å². The molecule has 4 nitrogen and oxygen atoms in total. The summed E-state index contributed by atoms with van der Waals surface area (Å²) in [4.78, 5) is 3.85. The molecular weight excluding hydrogens is 669 g/mol. The zero-order valence-corrected chi connectivity index (χ0v) is 30.0. The first-order valence-corrected chi connectivity index (χ1v) is 18.8. The number of hydrogen-bond acceptors (Lipinski definition) is 0. The zero-order valence-electron chi connectivity index (χ0n) is 30.0. The van der Waals surface area contributed by atoms with Gasteiger partial charge in [-0.25, -0.2) is 4.98 Å². The van der Waals surface area contributed by atoms with Gasteiger partial charge in [-0.1, -0.05) is 140 Å². The molecule has 0 aliphatic carbocycles. The van der Waals surface area contributed by atoms with E-state index in [-0.39, 0.29) is 0 Å². The molecule has 0 aliphatic heterocycles. The van der Waals surface area contributed by atoms with Crippen LogP contribution >= 0.6 is 0 Å². The van der Waals surface area contributed by atoms with Crippen LogP contribution < -0.4 is 4.57 Å². The number of nitrogens with zero attached hydrogens (tertiary/aromatic N) is 3. The predicted molar refractivity (Wildman–Crippen MR) is 227 cm³/mol. The van der Waals surface area contributed by atoms with Gasteiger partial charge < -0.3 is 4.57 Å². The number of rotatable bonds is 6. The van der Waals surface area contributed by atoms with Crippen molar-refractivity contribution < 1.29 is 4.57 Å². The summed E-state index contributed by atoms with van der Waals surface area (Å²) in [5, 5.41) is 4.87. The number of hydrogen-bond donors (Lipinski definition) is 1. The first-order chi connectivity index (χ1) is 27.3. The van der Waals surface area contributed by atoms with Crippen LogP contribution in [-0.4, -0.2) is 14.1 Å². The van der Waals surface area contributed by atoms with Crippen LogP contribution in [0.25, 0.3) is 94.4 Å². The highest BCUT2D eigenvalue weighted by atomic mass is 15.2. The maximum atomic E-state index is 3.85. The van der Waals surface area contributed by atoms with Gasteiger partial charge in [-0.2, -0.15) is 4.57 Å². The number of H-pyrrole nitrogens is 1. The summed E-state index contributed by atoms with van der Waals surface area (Å²) >= 11 is 0. The third-order valence-electron chi connectivity index (χ3n) is 11.0. The van der Waals surface area contributed by atoms with Crippen molar-refractivity contribution in [2.45, 2.75) is 0 Å². The molecule has 0 bridgehead atoms. The van der Waals surface area contributed by atoms with Crippen molar-refractivity contribution in [3.63, 3.8) is 0 Å². The van der Waals surface area contributed by atoms with E-state index in [9.17, 15) is 0 Å². The first kappa shape index (κ1) is 31.1. The average Bonchev–Trinajstić information content (AvgIpc) is 3.94. The van der Waals surface area contributed by atoms with Gasteiger partial charge in [-0.15, -0.1) is 0 Å². The number of benzene rings is 8. The van der Waals surface area contributed by atoms with Gasteiger partial charge >= 0.3 is 0 Å². The summed E-state index contributed by atoms with van der Waals surface area (Å²) in [6.45, 7) is 0. The molecule has 4 heteroatoms. The van der Waals surface area contributed by atoms with Gasteiger partial charge in [0.25, 0.3) is 5.82 Å². The molecule has 11 aromatic rings. The summed E-state index contributed by atoms with van der Waals surface area (Å²) in [7, 11) is 0. The van der Waals surface area contributed by atoms with Crippen LogP contribution in [0, 0.1) is 0 Å². The monoisotopic (exact) mass is 703 g/mol. The lowest BCUT2D eigenvalue weighted by molar-refractivity contribution is -0.582. The molecule has 55 heavy (non-hydrogen) atoms. The van der Waals surface area contributed by atoms with E-state index in [2.05, 4.69) is 225 Å². The van der Waals surface area contributed by atoms with E-state index < -0.39 is 0 Å². The van der Waals surface area contributed by atoms with Crippen molar-refractivity contribution in [1.29, 1.82) is 0 Å². The van der Waals surface area contributed by atoms with Crippen molar-refractivity contribution in [2.24, 2.45) is 0 Å². The Kier molecular flexibility index (Phi) is 7.14. The van der Waals surface area contributed by atoms with Crippen molar-refractivity contribution in [1.82, 2.24) is 14.1 Å². The van der Waals surface area contributed by atoms with E-state index in [0.717, 1.165) is 39.6 Å². The highest BCUT2D eigenvalue weighted by Gasteiger charge is 2.25. The lowest BCUT2D eigenvalue weighted by Gasteiger charge is -2.11. The Bertz CT molecular complexity index is 3110. The maximum absolute atomic E-state index is 3.85. The number of aromatic amines is 1. The number of aromatic nitrogens is 4. The van der Waals surface area contributed by atoms with Crippen molar-refractivity contribution in [3.05, 3.63) is 206 Å². The molecular formula is C51H35N4+. The number of para-hydroxylation sites is 3. The fourth-order valence-corrected chi connectivity index (χ4v) is 8.39. The van der Waals surface area contributed by atoms with E-state index in [4.69, 9.17) is 0 Å². The molecule has 8 aromatic carbocycles. The molecule has 0 saturated carbocycles. The molecule has 0 saturated heterocycles. The molecule has 0 aliphatic rings. The second kappa shape index (κ2) is 12.6. The standard InChI is InChI=1S/C51H34N4/c1-4-15-35(16-5-1)36-27-29-37(30-28-36)39-19-14-22-41(31-39)54-46-25-12-10-23-42(46)44-33-49-45(32-48(44)54)43-24-11-13-26-47(43)55(49)50-34-53(40-20-8-3-9-21-40)51(52-50)38-17-6-2-7-18-38/h1-34H/p+1. The molecule has 258 valence electrons. The molecule has 0 unspecified atom stereocenters. The fourth-order valence-electron chi connectivity index (χ4n) is 8.39. The predicted octanol–water partition coefficient (Wildman–Crippen LogP) is 12.5. The van der Waals surface area contributed by atoms with Crippen LogP contribution in [0.1, 0.15) is 0 Å².